The van der Waals surface area contributed by atoms with E-state index in [2.05, 4.69) is 43.6 Å². The lowest BCUT2D eigenvalue weighted by molar-refractivity contribution is 0.294. The van der Waals surface area contributed by atoms with Crippen molar-refractivity contribution >= 4 is 35.0 Å². The van der Waals surface area contributed by atoms with Gasteiger partial charge in [0.05, 0.1) is 15.7 Å². The molecule has 0 radical (unpaired) electrons. The van der Waals surface area contributed by atoms with Gasteiger partial charge < -0.3 is 15.1 Å². The van der Waals surface area contributed by atoms with Gasteiger partial charge in [0.2, 0.25) is 5.95 Å². The largest absolute Gasteiger partial charge is 0.355 e. The predicted octanol–water partition coefficient (Wildman–Crippen LogP) is 3.90. The summed E-state index contributed by atoms with van der Waals surface area (Å²) in [5.74, 6) is 1.50. The molecular weight excluding hydrogens is 435 g/mol. The van der Waals surface area contributed by atoms with E-state index >= 15 is 0 Å². The first-order valence-corrected chi connectivity index (χ1v) is 11.3. The molecule has 0 spiro atoms. The van der Waals surface area contributed by atoms with E-state index in [1.807, 2.05) is 24.4 Å². The molecule has 0 amide bonds. The molecule has 31 heavy (non-hydrogen) atoms. The van der Waals surface area contributed by atoms with E-state index < -0.39 is 0 Å². The van der Waals surface area contributed by atoms with Gasteiger partial charge in [-0.1, -0.05) is 47.4 Å². The number of aromatic nitrogens is 5. The highest BCUT2D eigenvalue weighted by atomic mass is 35.5. The minimum atomic E-state index is 0.405. The molecule has 4 rings (SSSR count). The number of nitrogens with one attached hydrogen (secondary N) is 1. The van der Waals surface area contributed by atoms with Gasteiger partial charge in [0.15, 0.2) is 0 Å². The lowest BCUT2D eigenvalue weighted by Crippen LogP contribution is -2.32. The van der Waals surface area contributed by atoms with E-state index in [-0.39, 0.29) is 0 Å². The zero-order valence-corrected chi connectivity index (χ0v) is 19.0. The van der Waals surface area contributed by atoms with Crippen molar-refractivity contribution < 1.29 is 0 Å². The first kappa shape index (κ1) is 21.8. The quantitative estimate of drug-likeness (QED) is 0.572. The Morgan fingerprint density at radius 2 is 1.97 bits per heavy atom. The van der Waals surface area contributed by atoms with E-state index in [4.69, 9.17) is 28.2 Å². The summed E-state index contributed by atoms with van der Waals surface area (Å²) in [6.45, 7) is 8.09. The predicted molar refractivity (Wildman–Crippen MR) is 124 cm³/mol. The van der Waals surface area contributed by atoms with Crippen LogP contribution in [0.5, 0.6) is 0 Å². The first-order chi connectivity index (χ1) is 15.2. The SMILES string of the molecule is CCCN1CCCN(c2ncccc2CNc2nnnn2-c2cccc(Cl)c2Cl)CC1. The summed E-state index contributed by atoms with van der Waals surface area (Å²) in [6, 6.07) is 9.42. The van der Waals surface area contributed by atoms with Crippen molar-refractivity contribution in [3.05, 3.63) is 52.1 Å². The monoisotopic (exact) mass is 460 g/mol. The normalized spacial score (nSPS) is 15.1. The Labute approximate surface area is 192 Å². The molecular formula is C21H26Cl2N8. The highest BCUT2D eigenvalue weighted by molar-refractivity contribution is 6.43. The Bertz CT molecular complexity index is 1010. The maximum atomic E-state index is 6.35. The number of hydrogen-bond acceptors (Lipinski definition) is 7. The van der Waals surface area contributed by atoms with Crippen LogP contribution in [0.2, 0.25) is 10.0 Å². The third-order valence-electron chi connectivity index (χ3n) is 5.36. The van der Waals surface area contributed by atoms with Crippen molar-refractivity contribution in [1.29, 1.82) is 0 Å². The number of tetrazole rings is 1. The minimum Gasteiger partial charge on any atom is -0.355 e. The van der Waals surface area contributed by atoms with Gasteiger partial charge in [-0.05, 0) is 54.6 Å². The molecule has 0 aliphatic carbocycles. The van der Waals surface area contributed by atoms with Crippen LogP contribution in [0.1, 0.15) is 25.3 Å². The van der Waals surface area contributed by atoms with Gasteiger partial charge in [0.25, 0.3) is 0 Å². The third-order valence-corrected chi connectivity index (χ3v) is 6.17. The summed E-state index contributed by atoms with van der Waals surface area (Å²) in [7, 11) is 0. The Kier molecular flexibility index (Phi) is 7.21. The van der Waals surface area contributed by atoms with E-state index in [0.29, 0.717) is 28.2 Å². The summed E-state index contributed by atoms with van der Waals surface area (Å²) in [5.41, 5.74) is 1.72. The fourth-order valence-corrected chi connectivity index (χ4v) is 4.24. The topological polar surface area (TPSA) is 75.0 Å². The molecule has 8 nitrogen and oxygen atoms in total. The van der Waals surface area contributed by atoms with Crippen LogP contribution in [-0.4, -0.2) is 62.8 Å². The fraction of sp³-hybridized carbons (Fsp3) is 0.429. The molecule has 0 saturated carbocycles. The highest BCUT2D eigenvalue weighted by Gasteiger charge is 2.19. The van der Waals surface area contributed by atoms with Crippen LogP contribution < -0.4 is 10.2 Å². The van der Waals surface area contributed by atoms with Crippen LogP contribution in [0.15, 0.2) is 36.5 Å². The third kappa shape index (κ3) is 5.08. The molecule has 2 aromatic heterocycles. The standard InChI is InChI=1S/C21H26Cl2N8/c1-2-10-29-11-5-12-30(14-13-29)20-16(6-4-9-24-20)15-25-21-26-27-28-31(21)18-8-3-7-17(22)19(18)23/h3-4,6-9H,2,5,10-15H2,1H3,(H,25,26,28). The molecule has 10 heteroatoms. The van der Waals surface area contributed by atoms with Crippen molar-refractivity contribution in [3.63, 3.8) is 0 Å². The van der Waals surface area contributed by atoms with Crippen molar-refractivity contribution in [2.75, 3.05) is 42.9 Å². The van der Waals surface area contributed by atoms with Crippen LogP contribution in [0.4, 0.5) is 11.8 Å². The lowest BCUT2D eigenvalue weighted by atomic mass is 10.2. The van der Waals surface area contributed by atoms with Crippen LogP contribution >= 0.6 is 23.2 Å². The van der Waals surface area contributed by atoms with E-state index in [1.165, 1.54) is 6.42 Å². The van der Waals surface area contributed by atoms with Gasteiger partial charge in [0, 0.05) is 37.9 Å². The molecule has 0 bridgehead atoms. The summed E-state index contributed by atoms with van der Waals surface area (Å²) >= 11 is 12.5. The van der Waals surface area contributed by atoms with E-state index in [9.17, 15) is 0 Å². The number of benzene rings is 1. The van der Waals surface area contributed by atoms with Gasteiger partial charge in [0.1, 0.15) is 5.82 Å². The van der Waals surface area contributed by atoms with Gasteiger partial charge in [-0.25, -0.2) is 4.98 Å². The maximum Gasteiger partial charge on any atom is 0.248 e. The van der Waals surface area contributed by atoms with Gasteiger partial charge in [-0.2, -0.15) is 4.68 Å². The number of pyridine rings is 1. The molecule has 0 atom stereocenters. The highest BCUT2D eigenvalue weighted by Crippen LogP contribution is 2.29. The summed E-state index contributed by atoms with van der Waals surface area (Å²) in [4.78, 5) is 9.60. The second kappa shape index (κ2) is 10.3. The molecule has 1 aliphatic rings. The molecule has 164 valence electrons. The molecule has 0 unspecified atom stereocenters. The van der Waals surface area contributed by atoms with Crippen LogP contribution in [-0.2, 0) is 6.54 Å². The van der Waals surface area contributed by atoms with Gasteiger partial charge in [-0.3, -0.25) is 0 Å². The number of rotatable bonds is 7. The van der Waals surface area contributed by atoms with Crippen LogP contribution in [0, 0.1) is 0 Å². The van der Waals surface area contributed by atoms with E-state index in [0.717, 1.165) is 50.5 Å². The summed E-state index contributed by atoms with van der Waals surface area (Å²) < 4.78 is 1.55. The maximum absolute atomic E-state index is 6.35. The molecule has 1 aromatic carbocycles. The molecule has 1 N–H and O–H groups in total. The van der Waals surface area contributed by atoms with Crippen molar-refractivity contribution in [2.24, 2.45) is 0 Å². The molecule has 3 heterocycles. The van der Waals surface area contributed by atoms with Crippen molar-refractivity contribution in [3.8, 4) is 5.69 Å². The van der Waals surface area contributed by atoms with E-state index in [1.54, 1.807) is 10.7 Å². The zero-order chi connectivity index (χ0) is 21.6. The number of halogens is 2. The van der Waals surface area contributed by atoms with Crippen LogP contribution in [0.25, 0.3) is 5.69 Å². The Balaban J connectivity index is 1.50. The second-order valence-corrected chi connectivity index (χ2v) is 8.29. The van der Waals surface area contributed by atoms with Gasteiger partial charge >= 0.3 is 0 Å². The smallest absolute Gasteiger partial charge is 0.248 e. The molecule has 3 aromatic rings. The average Bonchev–Trinajstić information content (AvgIpc) is 3.12. The average molecular weight is 461 g/mol. The number of nitrogens with zero attached hydrogens (tertiary/aromatic N) is 7. The fourth-order valence-electron chi connectivity index (χ4n) is 3.87. The first-order valence-electron chi connectivity index (χ1n) is 10.5. The van der Waals surface area contributed by atoms with Crippen LogP contribution in [0.3, 0.4) is 0 Å². The Morgan fingerprint density at radius 3 is 2.84 bits per heavy atom. The second-order valence-electron chi connectivity index (χ2n) is 7.51. The molecule has 1 fully saturated rings. The Morgan fingerprint density at radius 1 is 1.06 bits per heavy atom. The minimum absolute atomic E-state index is 0.405. The summed E-state index contributed by atoms with van der Waals surface area (Å²) in [5, 5.41) is 16.2. The lowest BCUT2D eigenvalue weighted by Gasteiger charge is -2.24. The Hall–Kier alpha value is -2.42. The zero-order valence-electron chi connectivity index (χ0n) is 17.5. The number of hydrogen-bond donors (Lipinski definition) is 1. The van der Waals surface area contributed by atoms with Crippen molar-refractivity contribution in [1.82, 2.24) is 30.1 Å². The molecule has 1 aliphatic heterocycles. The van der Waals surface area contributed by atoms with Crippen molar-refractivity contribution in [2.45, 2.75) is 26.3 Å². The van der Waals surface area contributed by atoms with Gasteiger partial charge in [-0.15, -0.1) is 0 Å². The molecule has 1 saturated heterocycles. The number of anilines is 2. The summed E-state index contributed by atoms with van der Waals surface area (Å²) in [6.07, 6.45) is 4.17.